The molecule has 0 atom stereocenters. The molecule has 0 unspecified atom stereocenters. The van der Waals surface area contributed by atoms with Gasteiger partial charge in [-0.1, -0.05) is 105 Å². The third-order valence-electron chi connectivity index (χ3n) is 7.63. The molecule has 230 valence electrons. The van der Waals surface area contributed by atoms with Crippen LogP contribution >= 0.6 is 0 Å². The fourth-order valence-electron chi connectivity index (χ4n) is 4.60. The van der Waals surface area contributed by atoms with Crippen molar-refractivity contribution in [2.45, 2.75) is 105 Å². The normalized spacial score (nSPS) is 12.8. The van der Waals surface area contributed by atoms with Gasteiger partial charge in [0.05, 0.1) is 12.8 Å². The molecule has 4 aromatic rings. The van der Waals surface area contributed by atoms with Crippen LogP contribution in [0.1, 0.15) is 105 Å². The average molecular weight is 584 g/mol. The molecule has 0 N–H and O–H groups in total. The number of rotatable bonds is 6. The second kappa shape index (κ2) is 11.4. The van der Waals surface area contributed by atoms with Crippen LogP contribution in [0.2, 0.25) is 0 Å². The molecule has 6 nitrogen and oxygen atoms in total. The standard InChI is InChI=1S/C37H49N3O3/c1-34(2,3)24-18-25(35(4,5)6)21-30(20-24)42-32-38-39-33(40(32)28-14-16-29(41-13)17-15-28)43-31-22-26(36(7,8)9)19-27(23-31)37(10,11)12/h14-23H,1-13H3. The van der Waals surface area contributed by atoms with E-state index in [0.29, 0.717) is 23.5 Å². The van der Waals surface area contributed by atoms with E-state index in [2.05, 4.69) is 130 Å². The molecule has 0 aliphatic carbocycles. The van der Waals surface area contributed by atoms with E-state index < -0.39 is 0 Å². The highest BCUT2D eigenvalue weighted by Gasteiger charge is 2.25. The number of methoxy groups -OCH3 is 1. The van der Waals surface area contributed by atoms with Crippen LogP contribution in [0, 0.1) is 0 Å². The Labute approximate surface area is 258 Å². The maximum Gasteiger partial charge on any atom is 0.330 e. The number of aromatic nitrogens is 3. The lowest BCUT2D eigenvalue weighted by atomic mass is 9.80. The van der Waals surface area contributed by atoms with Gasteiger partial charge in [-0.15, -0.1) is 0 Å². The Bertz CT molecular complexity index is 1410. The minimum atomic E-state index is -0.0554. The molecule has 1 aromatic heterocycles. The Morgan fingerprint density at radius 1 is 0.465 bits per heavy atom. The van der Waals surface area contributed by atoms with Crippen molar-refractivity contribution < 1.29 is 14.2 Å². The van der Waals surface area contributed by atoms with Crippen molar-refractivity contribution in [1.82, 2.24) is 14.8 Å². The second-order valence-corrected chi connectivity index (χ2v) is 15.5. The zero-order chi connectivity index (χ0) is 32.0. The van der Waals surface area contributed by atoms with Gasteiger partial charge < -0.3 is 14.2 Å². The Kier molecular flexibility index (Phi) is 8.49. The lowest BCUT2D eigenvalue weighted by Crippen LogP contribution is -2.16. The Morgan fingerprint density at radius 3 is 1.07 bits per heavy atom. The lowest BCUT2D eigenvalue weighted by Gasteiger charge is -2.26. The summed E-state index contributed by atoms with van der Waals surface area (Å²) in [5, 5.41) is 8.97. The van der Waals surface area contributed by atoms with E-state index in [-0.39, 0.29) is 21.7 Å². The minimum Gasteiger partial charge on any atom is -0.497 e. The van der Waals surface area contributed by atoms with Gasteiger partial charge >= 0.3 is 12.0 Å². The van der Waals surface area contributed by atoms with Gasteiger partial charge in [0, 0.05) is 0 Å². The van der Waals surface area contributed by atoms with Crippen molar-refractivity contribution in [1.29, 1.82) is 0 Å². The van der Waals surface area contributed by atoms with E-state index in [9.17, 15) is 0 Å². The zero-order valence-electron chi connectivity index (χ0n) is 28.3. The van der Waals surface area contributed by atoms with E-state index in [1.165, 1.54) is 22.3 Å². The van der Waals surface area contributed by atoms with Gasteiger partial charge in [0.1, 0.15) is 17.2 Å². The van der Waals surface area contributed by atoms with E-state index >= 15 is 0 Å². The van der Waals surface area contributed by atoms with E-state index in [1.807, 2.05) is 24.3 Å². The predicted molar refractivity (Wildman–Crippen MR) is 176 cm³/mol. The Morgan fingerprint density at radius 2 is 0.791 bits per heavy atom. The van der Waals surface area contributed by atoms with Crippen LogP contribution in [0.25, 0.3) is 5.69 Å². The molecule has 0 aliphatic heterocycles. The first kappa shape index (κ1) is 32.1. The van der Waals surface area contributed by atoms with Gasteiger partial charge in [-0.2, -0.15) is 0 Å². The van der Waals surface area contributed by atoms with Gasteiger partial charge in [0.2, 0.25) is 0 Å². The first-order valence-electron chi connectivity index (χ1n) is 15.0. The summed E-state index contributed by atoms with van der Waals surface area (Å²) in [5.41, 5.74) is 5.33. The van der Waals surface area contributed by atoms with Crippen molar-refractivity contribution in [3.8, 4) is 35.0 Å². The molecule has 0 spiro atoms. The van der Waals surface area contributed by atoms with E-state index in [1.54, 1.807) is 11.7 Å². The summed E-state index contributed by atoms with van der Waals surface area (Å²) in [6, 6.07) is 21.2. The molecule has 1 heterocycles. The van der Waals surface area contributed by atoms with Crippen molar-refractivity contribution in [2.24, 2.45) is 0 Å². The third-order valence-corrected chi connectivity index (χ3v) is 7.63. The van der Waals surface area contributed by atoms with Gasteiger partial charge in [-0.25, -0.2) is 4.57 Å². The summed E-state index contributed by atoms with van der Waals surface area (Å²) in [6.07, 6.45) is 0. The van der Waals surface area contributed by atoms with Crippen molar-refractivity contribution in [3.05, 3.63) is 82.9 Å². The molecule has 3 aromatic carbocycles. The molecule has 6 heteroatoms. The topological polar surface area (TPSA) is 58.4 Å². The van der Waals surface area contributed by atoms with Crippen LogP contribution in [0.5, 0.6) is 29.3 Å². The van der Waals surface area contributed by atoms with Gasteiger partial charge in [0.25, 0.3) is 0 Å². The summed E-state index contributed by atoms with van der Waals surface area (Å²) < 4.78 is 20.3. The Balaban J connectivity index is 1.86. The maximum absolute atomic E-state index is 6.54. The molecule has 0 amide bonds. The third kappa shape index (κ3) is 7.59. The van der Waals surface area contributed by atoms with Crippen LogP contribution in [-0.4, -0.2) is 21.9 Å². The number of ether oxygens (including phenoxy) is 3. The van der Waals surface area contributed by atoms with Crippen LogP contribution in [-0.2, 0) is 21.7 Å². The summed E-state index contributed by atoms with van der Waals surface area (Å²) in [6.45, 7) is 26.5. The molecule has 0 fully saturated rings. The summed E-state index contributed by atoms with van der Waals surface area (Å²) in [4.78, 5) is 0. The molecule has 4 rings (SSSR count). The van der Waals surface area contributed by atoms with Crippen molar-refractivity contribution >= 4 is 0 Å². The highest BCUT2D eigenvalue weighted by Crippen LogP contribution is 2.38. The summed E-state index contributed by atoms with van der Waals surface area (Å²) in [5.74, 6) is 2.16. The summed E-state index contributed by atoms with van der Waals surface area (Å²) >= 11 is 0. The number of nitrogens with zero attached hydrogens (tertiary/aromatic N) is 3. The SMILES string of the molecule is COc1ccc(-n2c(Oc3cc(C(C)(C)C)cc(C(C)(C)C)c3)nnc2Oc2cc(C(C)(C)C)cc(C(C)(C)C)c2)cc1. The highest BCUT2D eigenvalue weighted by atomic mass is 16.5. The minimum absolute atomic E-state index is 0.0554. The molecule has 0 bridgehead atoms. The zero-order valence-corrected chi connectivity index (χ0v) is 28.3. The van der Waals surface area contributed by atoms with Crippen LogP contribution in [0.4, 0.5) is 0 Å². The van der Waals surface area contributed by atoms with Gasteiger partial charge in [-0.3, -0.25) is 0 Å². The predicted octanol–water partition coefficient (Wildman–Crippen LogP) is 10.1. The van der Waals surface area contributed by atoms with Crippen LogP contribution in [0.15, 0.2) is 60.7 Å². The molecule has 0 aliphatic rings. The summed E-state index contributed by atoms with van der Waals surface area (Å²) in [7, 11) is 1.65. The second-order valence-electron chi connectivity index (χ2n) is 15.5. The molecule has 0 radical (unpaired) electrons. The first-order valence-corrected chi connectivity index (χ1v) is 15.0. The molecular weight excluding hydrogens is 534 g/mol. The quantitative estimate of drug-likeness (QED) is 0.226. The fourth-order valence-corrected chi connectivity index (χ4v) is 4.60. The molecule has 0 saturated carbocycles. The average Bonchev–Trinajstić information content (AvgIpc) is 3.27. The monoisotopic (exact) mass is 583 g/mol. The highest BCUT2D eigenvalue weighted by molar-refractivity contribution is 5.46. The Hall–Kier alpha value is -3.80. The lowest BCUT2D eigenvalue weighted by molar-refractivity contribution is 0.401. The smallest absolute Gasteiger partial charge is 0.330 e. The van der Waals surface area contributed by atoms with E-state index in [0.717, 1.165) is 11.4 Å². The molecule has 43 heavy (non-hydrogen) atoms. The largest absolute Gasteiger partial charge is 0.497 e. The van der Waals surface area contributed by atoms with Crippen molar-refractivity contribution in [3.63, 3.8) is 0 Å². The van der Waals surface area contributed by atoms with Crippen LogP contribution in [0.3, 0.4) is 0 Å². The fraction of sp³-hybridized carbons (Fsp3) is 0.459. The number of hydrogen-bond donors (Lipinski definition) is 0. The van der Waals surface area contributed by atoms with E-state index in [4.69, 9.17) is 14.2 Å². The van der Waals surface area contributed by atoms with Crippen molar-refractivity contribution in [2.75, 3.05) is 7.11 Å². The van der Waals surface area contributed by atoms with Gasteiger partial charge in [0.15, 0.2) is 0 Å². The van der Waals surface area contributed by atoms with Crippen LogP contribution < -0.4 is 14.2 Å². The number of hydrogen-bond acceptors (Lipinski definition) is 5. The van der Waals surface area contributed by atoms with Gasteiger partial charge in [-0.05, 0) is 92.4 Å². The first-order chi connectivity index (χ1) is 19.8. The molecular formula is C37H49N3O3. The molecule has 0 saturated heterocycles. The maximum atomic E-state index is 6.54. The number of benzene rings is 3.